The first kappa shape index (κ1) is 18.6. The largest absolute Gasteiger partial charge is 0.271 e. The van der Waals surface area contributed by atoms with Crippen molar-refractivity contribution in [1.82, 2.24) is 5.43 Å². The van der Waals surface area contributed by atoms with Crippen molar-refractivity contribution in [2.75, 3.05) is 10.8 Å². The molecule has 1 aromatic heterocycles. The summed E-state index contributed by atoms with van der Waals surface area (Å²) in [7, 11) is -3.76. The minimum atomic E-state index is -3.76. The molecule has 0 spiro atoms. The topological polar surface area (TPSA) is 78.8 Å². The van der Waals surface area contributed by atoms with Crippen LogP contribution in [0.5, 0.6) is 0 Å². The minimum Gasteiger partial charge on any atom is -0.271 e. The van der Waals surface area contributed by atoms with E-state index in [1.165, 1.54) is 4.88 Å². The standard InChI is InChI=1S/C20H19N3O3S2/c1-12-10-16(14(3)27-12)13(2)21-22-19(24)11-23-17-8-4-6-15-7-5-9-18(20(15)17)28(23,25)26/h4-10H,11H2,1-3H3,(H,22,24)/b21-13-. The van der Waals surface area contributed by atoms with Crippen molar-refractivity contribution in [3.63, 3.8) is 0 Å². The molecule has 4 rings (SSSR count). The molecule has 0 radical (unpaired) electrons. The number of nitrogens with one attached hydrogen (secondary N) is 1. The van der Waals surface area contributed by atoms with Crippen molar-refractivity contribution >= 4 is 49.4 Å². The van der Waals surface area contributed by atoms with Gasteiger partial charge < -0.3 is 0 Å². The van der Waals surface area contributed by atoms with Gasteiger partial charge in [-0.3, -0.25) is 9.10 Å². The van der Waals surface area contributed by atoms with E-state index in [-0.39, 0.29) is 11.4 Å². The Labute approximate surface area is 167 Å². The summed E-state index contributed by atoms with van der Waals surface area (Å²) in [5, 5.41) is 5.65. The maximum Gasteiger partial charge on any atom is 0.265 e. The number of aryl methyl sites for hydroxylation is 2. The van der Waals surface area contributed by atoms with Crippen LogP contribution >= 0.6 is 11.3 Å². The number of benzene rings is 2. The SMILES string of the molecule is C/C(=N/NC(=O)CN1c2cccc3cccc(c23)S1(=O)=O)c1cc(C)sc1C. The molecule has 0 bridgehead atoms. The summed E-state index contributed by atoms with van der Waals surface area (Å²) in [6, 6.07) is 12.5. The molecule has 2 aromatic carbocycles. The van der Waals surface area contributed by atoms with Gasteiger partial charge in [-0.1, -0.05) is 24.3 Å². The number of carbonyl (C=O) groups excluding carboxylic acids is 1. The normalized spacial score (nSPS) is 15.2. The predicted octanol–water partition coefficient (Wildman–Crippen LogP) is 3.57. The van der Waals surface area contributed by atoms with Crippen LogP contribution in [0.3, 0.4) is 0 Å². The fourth-order valence-corrected chi connectivity index (χ4v) is 6.13. The van der Waals surface area contributed by atoms with Crippen LogP contribution in [0.25, 0.3) is 10.8 Å². The highest BCUT2D eigenvalue weighted by Crippen LogP contribution is 2.41. The van der Waals surface area contributed by atoms with Crippen LogP contribution < -0.4 is 9.73 Å². The van der Waals surface area contributed by atoms with E-state index in [0.29, 0.717) is 16.8 Å². The lowest BCUT2D eigenvalue weighted by Crippen LogP contribution is -2.37. The van der Waals surface area contributed by atoms with E-state index in [2.05, 4.69) is 10.5 Å². The average molecular weight is 414 g/mol. The lowest BCUT2D eigenvalue weighted by molar-refractivity contribution is -0.119. The van der Waals surface area contributed by atoms with Gasteiger partial charge in [-0.05, 0) is 44.4 Å². The Hall–Kier alpha value is -2.71. The maximum atomic E-state index is 12.9. The second-order valence-electron chi connectivity index (χ2n) is 6.70. The fourth-order valence-electron chi connectivity index (χ4n) is 3.49. The Morgan fingerprint density at radius 3 is 2.57 bits per heavy atom. The van der Waals surface area contributed by atoms with Gasteiger partial charge in [-0.25, -0.2) is 13.8 Å². The number of amides is 1. The van der Waals surface area contributed by atoms with E-state index in [9.17, 15) is 13.2 Å². The second kappa shape index (κ2) is 6.72. The smallest absolute Gasteiger partial charge is 0.265 e. The molecule has 1 aliphatic rings. The molecule has 28 heavy (non-hydrogen) atoms. The van der Waals surface area contributed by atoms with E-state index in [1.807, 2.05) is 39.0 Å². The zero-order valence-corrected chi connectivity index (χ0v) is 17.3. The molecule has 1 N–H and O–H groups in total. The number of carbonyl (C=O) groups is 1. The number of thiophene rings is 1. The van der Waals surface area contributed by atoms with Crippen LogP contribution in [0.2, 0.25) is 0 Å². The Balaban J connectivity index is 1.58. The molecule has 2 heterocycles. The summed E-state index contributed by atoms with van der Waals surface area (Å²) in [6.45, 7) is 5.51. The van der Waals surface area contributed by atoms with Gasteiger partial charge in [0, 0.05) is 20.7 Å². The van der Waals surface area contributed by atoms with Gasteiger partial charge in [0.05, 0.1) is 16.3 Å². The quantitative estimate of drug-likeness (QED) is 0.525. The van der Waals surface area contributed by atoms with Crippen LogP contribution in [-0.4, -0.2) is 26.6 Å². The molecule has 0 unspecified atom stereocenters. The van der Waals surface area contributed by atoms with Crippen LogP contribution in [0, 0.1) is 13.8 Å². The van der Waals surface area contributed by atoms with Crippen LogP contribution in [0.1, 0.15) is 22.2 Å². The van der Waals surface area contributed by atoms with Gasteiger partial charge in [0.2, 0.25) is 0 Å². The summed E-state index contributed by atoms with van der Waals surface area (Å²) >= 11 is 1.67. The zero-order valence-electron chi connectivity index (χ0n) is 15.7. The van der Waals surface area contributed by atoms with Crippen molar-refractivity contribution in [3.05, 3.63) is 57.8 Å². The third-order valence-electron chi connectivity index (χ3n) is 4.75. The second-order valence-corrected chi connectivity index (χ2v) is 9.99. The lowest BCUT2D eigenvalue weighted by atomic mass is 10.1. The molecule has 0 aliphatic carbocycles. The fraction of sp³-hybridized carbons (Fsp3) is 0.200. The Morgan fingerprint density at radius 1 is 1.18 bits per heavy atom. The Bertz CT molecular complexity index is 1240. The Kier molecular flexibility index (Phi) is 4.47. The molecule has 3 aromatic rings. The molecule has 144 valence electrons. The van der Waals surface area contributed by atoms with E-state index < -0.39 is 15.9 Å². The number of anilines is 1. The number of nitrogens with zero attached hydrogens (tertiary/aromatic N) is 2. The molecule has 1 aliphatic heterocycles. The summed E-state index contributed by atoms with van der Waals surface area (Å²) in [5.74, 6) is -0.489. The van der Waals surface area contributed by atoms with Crippen molar-refractivity contribution in [2.45, 2.75) is 25.7 Å². The third kappa shape index (κ3) is 2.98. The predicted molar refractivity (Wildman–Crippen MR) is 113 cm³/mol. The van der Waals surface area contributed by atoms with Crippen molar-refractivity contribution in [3.8, 4) is 0 Å². The monoisotopic (exact) mass is 413 g/mol. The molecular formula is C20H19N3O3S2. The maximum absolute atomic E-state index is 12.9. The Morgan fingerprint density at radius 2 is 1.89 bits per heavy atom. The van der Waals surface area contributed by atoms with Crippen molar-refractivity contribution in [2.24, 2.45) is 5.10 Å². The molecule has 0 saturated heterocycles. The first-order chi connectivity index (χ1) is 13.3. The number of hydrogen-bond donors (Lipinski definition) is 1. The highest BCUT2D eigenvalue weighted by molar-refractivity contribution is 7.93. The molecular weight excluding hydrogens is 394 g/mol. The van der Waals surface area contributed by atoms with Crippen LogP contribution in [0.15, 0.2) is 52.5 Å². The molecule has 1 amide bonds. The van der Waals surface area contributed by atoms with Gasteiger partial charge in [0.25, 0.3) is 15.9 Å². The number of hydrogen-bond acceptors (Lipinski definition) is 5. The van der Waals surface area contributed by atoms with E-state index in [1.54, 1.807) is 35.6 Å². The van der Waals surface area contributed by atoms with Crippen LogP contribution in [-0.2, 0) is 14.8 Å². The first-order valence-electron chi connectivity index (χ1n) is 8.74. The van der Waals surface area contributed by atoms with Gasteiger partial charge in [0.1, 0.15) is 6.54 Å². The molecule has 0 atom stereocenters. The summed E-state index contributed by atoms with van der Waals surface area (Å²) < 4.78 is 27.0. The van der Waals surface area contributed by atoms with Gasteiger partial charge in [-0.2, -0.15) is 5.10 Å². The third-order valence-corrected chi connectivity index (χ3v) is 7.52. The van der Waals surface area contributed by atoms with E-state index in [4.69, 9.17) is 0 Å². The molecule has 6 nitrogen and oxygen atoms in total. The van der Waals surface area contributed by atoms with E-state index in [0.717, 1.165) is 20.1 Å². The molecule has 0 fully saturated rings. The van der Waals surface area contributed by atoms with Gasteiger partial charge in [0.15, 0.2) is 0 Å². The van der Waals surface area contributed by atoms with Crippen molar-refractivity contribution in [1.29, 1.82) is 0 Å². The van der Waals surface area contributed by atoms with Gasteiger partial charge >= 0.3 is 0 Å². The number of rotatable bonds is 4. The summed E-state index contributed by atoms with van der Waals surface area (Å²) in [6.07, 6.45) is 0. The average Bonchev–Trinajstić information content (AvgIpc) is 3.10. The van der Waals surface area contributed by atoms with Crippen LogP contribution in [0.4, 0.5) is 5.69 Å². The molecule has 8 heteroatoms. The van der Waals surface area contributed by atoms with Gasteiger partial charge in [-0.15, -0.1) is 11.3 Å². The summed E-state index contributed by atoms with van der Waals surface area (Å²) in [5.41, 5.74) is 4.68. The number of hydrazone groups is 1. The molecule has 0 saturated carbocycles. The highest BCUT2D eigenvalue weighted by Gasteiger charge is 2.36. The number of sulfonamides is 1. The minimum absolute atomic E-state index is 0.234. The zero-order chi connectivity index (χ0) is 20.1. The summed E-state index contributed by atoms with van der Waals surface area (Å²) in [4.78, 5) is 15.0. The van der Waals surface area contributed by atoms with Crippen molar-refractivity contribution < 1.29 is 13.2 Å². The van der Waals surface area contributed by atoms with E-state index >= 15 is 0 Å². The lowest BCUT2D eigenvalue weighted by Gasteiger charge is -2.17. The highest BCUT2D eigenvalue weighted by atomic mass is 32.2. The first-order valence-corrected chi connectivity index (χ1v) is 11.0.